The molecule has 3 aromatic rings. The topological polar surface area (TPSA) is 78.5 Å². The van der Waals surface area contributed by atoms with Gasteiger partial charge < -0.3 is 0 Å². The zero-order valence-corrected chi connectivity index (χ0v) is 17.2. The van der Waals surface area contributed by atoms with Crippen LogP contribution >= 0.6 is 11.6 Å². The van der Waals surface area contributed by atoms with Gasteiger partial charge in [0.15, 0.2) is 0 Å². The molecule has 3 rings (SSSR count). The van der Waals surface area contributed by atoms with Crippen LogP contribution in [0.3, 0.4) is 0 Å². The molecular weight excluding hydrogens is 410 g/mol. The molecule has 0 bridgehead atoms. The van der Waals surface area contributed by atoms with Crippen LogP contribution in [0.5, 0.6) is 0 Å². The molecule has 0 spiro atoms. The fourth-order valence-electron chi connectivity index (χ4n) is 2.64. The Morgan fingerprint density at radius 1 is 0.966 bits per heavy atom. The maximum atomic E-state index is 12.7. The summed E-state index contributed by atoms with van der Waals surface area (Å²) in [6.45, 7) is 0.118. The Morgan fingerprint density at radius 2 is 1.59 bits per heavy atom. The zero-order valence-electron chi connectivity index (χ0n) is 15.7. The number of halogens is 1. The van der Waals surface area contributed by atoms with Gasteiger partial charge in [0.05, 0.1) is 10.7 Å². The standard InChI is InChI=1S/C21H20ClN3O3S/c1-25(18-10-6-3-7-11-18)24-21(26)17-12-13-19(22)20(14-17)29(27,28)23-15-16-8-4-2-5-9-16/h2-14,23H,15H2,1H3,(H,24,26). The van der Waals surface area contributed by atoms with Crippen molar-refractivity contribution in [1.82, 2.24) is 10.1 Å². The Morgan fingerprint density at radius 3 is 2.24 bits per heavy atom. The van der Waals surface area contributed by atoms with Crippen molar-refractivity contribution in [2.24, 2.45) is 0 Å². The Hall–Kier alpha value is -2.87. The van der Waals surface area contributed by atoms with Crippen molar-refractivity contribution in [1.29, 1.82) is 0 Å². The van der Waals surface area contributed by atoms with E-state index in [-0.39, 0.29) is 22.0 Å². The Kier molecular flexibility index (Phi) is 6.53. The first-order valence-corrected chi connectivity index (χ1v) is 10.7. The highest BCUT2D eigenvalue weighted by Gasteiger charge is 2.20. The molecule has 150 valence electrons. The number of benzene rings is 3. The van der Waals surface area contributed by atoms with Crippen LogP contribution in [0.4, 0.5) is 5.69 Å². The molecule has 0 fully saturated rings. The highest BCUT2D eigenvalue weighted by molar-refractivity contribution is 7.89. The Labute approximate surface area is 175 Å². The summed E-state index contributed by atoms with van der Waals surface area (Å²) in [4.78, 5) is 12.4. The van der Waals surface area contributed by atoms with Gasteiger partial charge in [-0.25, -0.2) is 13.1 Å². The van der Waals surface area contributed by atoms with Gasteiger partial charge in [-0.3, -0.25) is 15.2 Å². The van der Waals surface area contributed by atoms with Crippen molar-refractivity contribution in [3.05, 3.63) is 95.0 Å². The van der Waals surface area contributed by atoms with Crippen molar-refractivity contribution in [3.63, 3.8) is 0 Å². The summed E-state index contributed by atoms with van der Waals surface area (Å²) in [5.74, 6) is -0.451. The van der Waals surface area contributed by atoms with Gasteiger partial charge >= 0.3 is 0 Å². The van der Waals surface area contributed by atoms with Crippen LogP contribution in [0, 0.1) is 0 Å². The zero-order chi connectivity index (χ0) is 20.9. The van der Waals surface area contributed by atoms with Crippen LogP contribution in [0.25, 0.3) is 0 Å². The maximum absolute atomic E-state index is 12.7. The molecule has 0 aliphatic carbocycles. The van der Waals surface area contributed by atoms with Crippen molar-refractivity contribution >= 4 is 33.2 Å². The minimum Gasteiger partial charge on any atom is -0.288 e. The largest absolute Gasteiger partial charge is 0.288 e. The second kappa shape index (κ2) is 9.09. The van der Waals surface area contributed by atoms with Crippen LogP contribution in [-0.4, -0.2) is 21.4 Å². The summed E-state index contributed by atoms with van der Waals surface area (Å²) in [6.07, 6.45) is 0. The molecule has 29 heavy (non-hydrogen) atoms. The molecule has 0 aliphatic heterocycles. The van der Waals surface area contributed by atoms with Gasteiger partial charge in [0, 0.05) is 19.2 Å². The van der Waals surface area contributed by atoms with E-state index in [0.717, 1.165) is 11.3 Å². The molecule has 0 aliphatic rings. The van der Waals surface area contributed by atoms with Gasteiger partial charge in [-0.1, -0.05) is 60.1 Å². The number of amides is 1. The molecule has 0 heterocycles. The summed E-state index contributed by atoms with van der Waals surface area (Å²) in [7, 11) is -2.20. The van der Waals surface area contributed by atoms with Crippen LogP contribution in [0.2, 0.25) is 5.02 Å². The molecule has 0 aromatic heterocycles. The monoisotopic (exact) mass is 429 g/mol. The average molecular weight is 430 g/mol. The number of rotatable bonds is 7. The molecule has 0 saturated heterocycles. The van der Waals surface area contributed by atoms with E-state index in [4.69, 9.17) is 11.6 Å². The summed E-state index contributed by atoms with van der Waals surface area (Å²) >= 11 is 6.11. The lowest BCUT2D eigenvalue weighted by Gasteiger charge is -2.20. The predicted molar refractivity (Wildman–Crippen MR) is 114 cm³/mol. The van der Waals surface area contributed by atoms with E-state index < -0.39 is 15.9 Å². The molecule has 0 atom stereocenters. The summed E-state index contributed by atoms with van der Waals surface area (Å²) in [5.41, 5.74) is 4.48. The smallest absolute Gasteiger partial charge is 0.269 e. The number of sulfonamides is 1. The minimum atomic E-state index is -3.90. The number of hydrogen-bond donors (Lipinski definition) is 2. The highest BCUT2D eigenvalue weighted by atomic mass is 35.5. The molecule has 6 nitrogen and oxygen atoms in total. The van der Waals surface area contributed by atoms with E-state index in [1.807, 2.05) is 60.7 Å². The van der Waals surface area contributed by atoms with E-state index in [9.17, 15) is 13.2 Å². The fraction of sp³-hybridized carbons (Fsp3) is 0.0952. The van der Waals surface area contributed by atoms with E-state index in [2.05, 4.69) is 10.1 Å². The first kappa shape index (κ1) is 20.9. The van der Waals surface area contributed by atoms with Gasteiger partial charge in [-0.05, 0) is 35.9 Å². The normalized spacial score (nSPS) is 11.1. The minimum absolute atomic E-state index is 0.0403. The first-order valence-electron chi connectivity index (χ1n) is 8.80. The molecule has 0 radical (unpaired) electrons. The lowest BCUT2D eigenvalue weighted by atomic mass is 10.2. The molecule has 0 saturated carbocycles. The van der Waals surface area contributed by atoms with Gasteiger partial charge in [0.2, 0.25) is 10.0 Å². The molecule has 0 unspecified atom stereocenters. The van der Waals surface area contributed by atoms with Crippen molar-refractivity contribution in [2.75, 3.05) is 12.1 Å². The lowest BCUT2D eigenvalue weighted by Crippen LogP contribution is -2.39. The van der Waals surface area contributed by atoms with Crippen molar-refractivity contribution < 1.29 is 13.2 Å². The second-order valence-corrected chi connectivity index (χ2v) is 8.43. The number of hydrogen-bond acceptors (Lipinski definition) is 4. The average Bonchev–Trinajstić information content (AvgIpc) is 2.74. The van der Waals surface area contributed by atoms with E-state index >= 15 is 0 Å². The van der Waals surface area contributed by atoms with Gasteiger partial charge in [0.1, 0.15) is 4.90 Å². The van der Waals surface area contributed by atoms with Crippen LogP contribution in [0.1, 0.15) is 15.9 Å². The molecule has 8 heteroatoms. The fourth-order valence-corrected chi connectivity index (χ4v) is 4.18. The summed E-state index contributed by atoms with van der Waals surface area (Å²) < 4.78 is 27.9. The van der Waals surface area contributed by atoms with Crippen molar-refractivity contribution in [3.8, 4) is 0 Å². The summed E-state index contributed by atoms with van der Waals surface area (Å²) in [5, 5.41) is 1.59. The van der Waals surface area contributed by atoms with Crippen LogP contribution in [-0.2, 0) is 16.6 Å². The number of anilines is 1. The number of nitrogens with zero attached hydrogens (tertiary/aromatic N) is 1. The summed E-state index contributed by atoms with van der Waals surface area (Å²) in [6, 6.07) is 22.5. The number of hydrazine groups is 1. The number of nitrogens with one attached hydrogen (secondary N) is 2. The van der Waals surface area contributed by atoms with E-state index in [0.29, 0.717) is 0 Å². The lowest BCUT2D eigenvalue weighted by molar-refractivity contribution is 0.0951. The third kappa shape index (κ3) is 5.35. The highest BCUT2D eigenvalue weighted by Crippen LogP contribution is 2.23. The predicted octanol–water partition coefficient (Wildman–Crippen LogP) is 3.60. The third-order valence-corrected chi connectivity index (χ3v) is 6.09. The van der Waals surface area contributed by atoms with Gasteiger partial charge in [-0.15, -0.1) is 0 Å². The molecule has 3 aromatic carbocycles. The van der Waals surface area contributed by atoms with Crippen LogP contribution < -0.4 is 15.2 Å². The molecule has 1 amide bonds. The SMILES string of the molecule is CN(NC(=O)c1ccc(Cl)c(S(=O)(=O)NCc2ccccc2)c1)c1ccccc1. The number of para-hydroxylation sites is 1. The van der Waals surface area contributed by atoms with Gasteiger partial charge in [0.25, 0.3) is 5.91 Å². The molecular formula is C21H20ClN3O3S. The Bertz CT molecular complexity index is 1090. The third-order valence-electron chi connectivity index (χ3n) is 4.20. The first-order chi connectivity index (χ1) is 13.9. The van der Waals surface area contributed by atoms with Gasteiger partial charge in [-0.2, -0.15) is 0 Å². The Balaban J connectivity index is 1.77. The molecule has 2 N–H and O–H groups in total. The second-order valence-electron chi connectivity index (χ2n) is 6.29. The number of carbonyl (C=O) groups is 1. The number of carbonyl (C=O) groups excluding carboxylic acids is 1. The quantitative estimate of drug-likeness (QED) is 0.562. The van der Waals surface area contributed by atoms with E-state index in [1.165, 1.54) is 18.2 Å². The van der Waals surface area contributed by atoms with Crippen molar-refractivity contribution in [2.45, 2.75) is 11.4 Å². The van der Waals surface area contributed by atoms with Crippen LogP contribution in [0.15, 0.2) is 83.8 Å². The maximum Gasteiger partial charge on any atom is 0.269 e. The van der Waals surface area contributed by atoms with E-state index in [1.54, 1.807) is 12.1 Å².